The van der Waals surface area contributed by atoms with E-state index in [1.807, 2.05) is 36.5 Å². The Kier molecular flexibility index (Phi) is 11.2. The second-order valence-corrected chi connectivity index (χ2v) is 8.07. The van der Waals surface area contributed by atoms with Crippen molar-refractivity contribution < 1.29 is 14.3 Å². The number of aromatic nitrogens is 1. The zero-order chi connectivity index (χ0) is 21.6. The molecule has 0 aliphatic rings. The molecule has 4 nitrogen and oxygen atoms in total. The number of nitrogens with zero attached hydrogens (tertiary/aromatic N) is 1. The van der Waals surface area contributed by atoms with Gasteiger partial charge in [0.1, 0.15) is 5.75 Å². The maximum absolute atomic E-state index is 12.0. The van der Waals surface area contributed by atoms with Crippen molar-refractivity contribution in [3.8, 4) is 17.0 Å². The lowest BCUT2D eigenvalue weighted by molar-refractivity contribution is -0.134. The van der Waals surface area contributed by atoms with E-state index in [0.29, 0.717) is 24.7 Å². The van der Waals surface area contributed by atoms with Gasteiger partial charge in [0, 0.05) is 24.8 Å². The predicted molar refractivity (Wildman–Crippen MR) is 122 cm³/mol. The van der Waals surface area contributed by atoms with E-state index in [1.165, 1.54) is 25.7 Å². The first-order valence-corrected chi connectivity index (χ1v) is 11.5. The van der Waals surface area contributed by atoms with Gasteiger partial charge in [-0.25, -0.2) is 0 Å². The van der Waals surface area contributed by atoms with Gasteiger partial charge in [0.05, 0.1) is 12.3 Å². The molecular weight excluding hydrogens is 374 g/mol. The van der Waals surface area contributed by atoms with Crippen LogP contribution in [-0.2, 0) is 16.1 Å². The van der Waals surface area contributed by atoms with Gasteiger partial charge < -0.3 is 9.47 Å². The maximum atomic E-state index is 12.0. The Labute approximate surface area is 182 Å². The molecule has 0 bridgehead atoms. The number of benzene rings is 1. The fourth-order valence-corrected chi connectivity index (χ4v) is 3.12. The quantitative estimate of drug-likeness (QED) is 0.191. The molecule has 0 saturated heterocycles. The van der Waals surface area contributed by atoms with Crippen molar-refractivity contribution in [2.24, 2.45) is 5.92 Å². The molecule has 1 atom stereocenters. The zero-order valence-corrected chi connectivity index (χ0v) is 18.9. The fourth-order valence-electron chi connectivity index (χ4n) is 3.12. The fraction of sp³-hybridized carbons (Fsp3) is 0.538. The van der Waals surface area contributed by atoms with Gasteiger partial charge in [-0.15, -0.1) is 0 Å². The average Bonchev–Trinajstić information content (AvgIpc) is 2.78. The van der Waals surface area contributed by atoms with Crippen LogP contribution in [0.25, 0.3) is 11.3 Å². The van der Waals surface area contributed by atoms with Gasteiger partial charge in [-0.05, 0) is 54.7 Å². The highest BCUT2D eigenvalue weighted by atomic mass is 16.5. The molecule has 164 valence electrons. The first-order valence-electron chi connectivity index (χ1n) is 11.5. The molecule has 0 aliphatic heterocycles. The van der Waals surface area contributed by atoms with Crippen LogP contribution < -0.4 is 4.74 Å². The molecule has 0 spiro atoms. The monoisotopic (exact) mass is 411 g/mol. The van der Waals surface area contributed by atoms with Crippen molar-refractivity contribution in [2.45, 2.75) is 78.7 Å². The van der Waals surface area contributed by atoms with Crippen LogP contribution in [0.5, 0.6) is 5.75 Å². The molecule has 2 aromatic rings. The van der Waals surface area contributed by atoms with Crippen molar-refractivity contribution in [3.05, 3.63) is 48.2 Å². The normalized spacial score (nSPS) is 12.0. The summed E-state index contributed by atoms with van der Waals surface area (Å²) in [5, 5.41) is 0. The van der Waals surface area contributed by atoms with Gasteiger partial charge >= 0.3 is 5.97 Å². The first kappa shape index (κ1) is 24.1. The van der Waals surface area contributed by atoms with E-state index in [9.17, 15) is 4.79 Å². The second-order valence-electron chi connectivity index (χ2n) is 8.07. The highest BCUT2D eigenvalue weighted by molar-refractivity contribution is 5.72. The van der Waals surface area contributed by atoms with Gasteiger partial charge in [-0.3, -0.25) is 9.78 Å². The third kappa shape index (κ3) is 9.08. The summed E-state index contributed by atoms with van der Waals surface area (Å²) >= 11 is 0. The molecule has 0 N–H and O–H groups in total. The van der Waals surface area contributed by atoms with Crippen molar-refractivity contribution in [2.75, 3.05) is 6.61 Å². The summed E-state index contributed by atoms with van der Waals surface area (Å²) in [6.45, 7) is 7.93. The van der Waals surface area contributed by atoms with Crippen molar-refractivity contribution >= 4 is 5.97 Å². The lowest BCUT2D eigenvalue weighted by Gasteiger charge is -2.09. The average molecular weight is 412 g/mol. The Morgan fingerprint density at radius 3 is 2.43 bits per heavy atom. The summed E-state index contributed by atoms with van der Waals surface area (Å²) in [6, 6.07) is 11.6. The minimum Gasteiger partial charge on any atom is -0.427 e. The van der Waals surface area contributed by atoms with Crippen LogP contribution >= 0.6 is 0 Å². The van der Waals surface area contributed by atoms with E-state index in [2.05, 4.69) is 31.8 Å². The van der Waals surface area contributed by atoms with Crippen LogP contribution in [-0.4, -0.2) is 17.6 Å². The minimum atomic E-state index is -0.170. The molecule has 4 heteroatoms. The third-order valence-electron chi connectivity index (χ3n) is 5.41. The summed E-state index contributed by atoms with van der Waals surface area (Å²) in [5.41, 5.74) is 2.98. The van der Waals surface area contributed by atoms with Crippen LogP contribution in [0.4, 0.5) is 0 Å². The number of carbonyl (C=O) groups is 1. The maximum Gasteiger partial charge on any atom is 0.311 e. The van der Waals surface area contributed by atoms with E-state index < -0.39 is 0 Å². The number of unbranched alkanes of at least 4 members (excludes halogenated alkanes) is 4. The van der Waals surface area contributed by atoms with Crippen LogP contribution in [0.15, 0.2) is 42.6 Å². The summed E-state index contributed by atoms with van der Waals surface area (Å²) < 4.78 is 11.2. The molecule has 2 rings (SSSR count). The van der Waals surface area contributed by atoms with Gasteiger partial charge in [0.25, 0.3) is 0 Å². The van der Waals surface area contributed by atoms with E-state index in [-0.39, 0.29) is 5.97 Å². The standard InChI is InChI=1S/C26H37NO3/c1-4-6-7-8-9-18-29-20-22-11-16-25(27-19-22)23-12-14-24(15-13-23)30-26(28)17-10-21(3)5-2/h11-16,19,21H,4-10,17-18,20H2,1-3H3. The van der Waals surface area contributed by atoms with E-state index >= 15 is 0 Å². The van der Waals surface area contributed by atoms with Crippen LogP contribution in [0, 0.1) is 5.92 Å². The lowest BCUT2D eigenvalue weighted by atomic mass is 10.0. The minimum absolute atomic E-state index is 0.170. The molecule has 1 aromatic carbocycles. The van der Waals surface area contributed by atoms with Gasteiger partial charge in [-0.1, -0.05) is 58.9 Å². The van der Waals surface area contributed by atoms with Gasteiger partial charge in [0.2, 0.25) is 0 Å². The molecule has 1 heterocycles. The molecular formula is C26H37NO3. The van der Waals surface area contributed by atoms with Crippen molar-refractivity contribution in [1.82, 2.24) is 4.98 Å². The Balaban J connectivity index is 1.76. The highest BCUT2D eigenvalue weighted by Gasteiger charge is 2.08. The van der Waals surface area contributed by atoms with E-state index in [4.69, 9.17) is 9.47 Å². The number of ether oxygens (including phenoxy) is 2. The number of hydrogen-bond donors (Lipinski definition) is 0. The summed E-state index contributed by atoms with van der Waals surface area (Å²) in [7, 11) is 0. The molecule has 0 aliphatic carbocycles. The molecule has 1 aromatic heterocycles. The van der Waals surface area contributed by atoms with Crippen LogP contribution in [0.3, 0.4) is 0 Å². The molecule has 1 unspecified atom stereocenters. The smallest absolute Gasteiger partial charge is 0.311 e. The number of rotatable bonds is 14. The van der Waals surface area contributed by atoms with Crippen LogP contribution in [0.1, 0.15) is 77.7 Å². The zero-order valence-electron chi connectivity index (χ0n) is 18.9. The molecule has 30 heavy (non-hydrogen) atoms. The van der Waals surface area contributed by atoms with E-state index in [1.54, 1.807) is 0 Å². The van der Waals surface area contributed by atoms with Crippen molar-refractivity contribution in [3.63, 3.8) is 0 Å². The Bertz CT molecular complexity index is 725. The lowest BCUT2D eigenvalue weighted by Crippen LogP contribution is -2.09. The SMILES string of the molecule is CCCCCCCOCc1ccc(-c2ccc(OC(=O)CCC(C)CC)cc2)nc1. The first-order chi connectivity index (χ1) is 14.6. The number of carbonyl (C=O) groups excluding carboxylic acids is 1. The van der Waals surface area contributed by atoms with Crippen molar-refractivity contribution in [1.29, 1.82) is 0 Å². The number of pyridine rings is 1. The molecule has 0 radical (unpaired) electrons. The third-order valence-corrected chi connectivity index (χ3v) is 5.41. The highest BCUT2D eigenvalue weighted by Crippen LogP contribution is 2.22. The predicted octanol–water partition coefficient (Wildman–Crippen LogP) is 6.97. The van der Waals surface area contributed by atoms with E-state index in [0.717, 1.165) is 42.7 Å². The van der Waals surface area contributed by atoms with Gasteiger partial charge in [-0.2, -0.15) is 0 Å². The Hall–Kier alpha value is -2.20. The molecule has 0 saturated carbocycles. The van der Waals surface area contributed by atoms with Gasteiger partial charge in [0.15, 0.2) is 0 Å². The molecule has 0 amide bonds. The molecule has 0 fully saturated rings. The van der Waals surface area contributed by atoms with Crippen LogP contribution in [0.2, 0.25) is 0 Å². The Morgan fingerprint density at radius 2 is 1.77 bits per heavy atom. The largest absolute Gasteiger partial charge is 0.427 e. The summed E-state index contributed by atoms with van der Waals surface area (Å²) in [4.78, 5) is 16.5. The second kappa shape index (κ2) is 13.9. The summed E-state index contributed by atoms with van der Waals surface area (Å²) in [6.07, 6.45) is 10.5. The number of esters is 1. The topological polar surface area (TPSA) is 48.4 Å². The summed E-state index contributed by atoms with van der Waals surface area (Å²) in [5.74, 6) is 0.956. The Morgan fingerprint density at radius 1 is 1.00 bits per heavy atom. The number of hydrogen-bond acceptors (Lipinski definition) is 4.